The third kappa shape index (κ3) is 5.62. The molecule has 2 rings (SSSR count). The lowest BCUT2D eigenvalue weighted by Gasteiger charge is -2.37. The molecule has 120 valence electrons. The van der Waals surface area contributed by atoms with Gasteiger partial charge in [0.25, 0.3) is 0 Å². The van der Waals surface area contributed by atoms with Crippen molar-refractivity contribution >= 4 is 0 Å². The quantitative estimate of drug-likeness (QED) is 0.418. The summed E-state index contributed by atoms with van der Waals surface area (Å²) < 4.78 is 5.94. The van der Waals surface area contributed by atoms with Gasteiger partial charge in [0.15, 0.2) is 0 Å². The highest BCUT2D eigenvalue weighted by Crippen LogP contribution is 2.40. The van der Waals surface area contributed by atoms with Crippen molar-refractivity contribution in [3.8, 4) is 0 Å². The Morgan fingerprint density at radius 1 is 0.952 bits per heavy atom. The Morgan fingerprint density at radius 2 is 1.57 bits per heavy atom. The average Bonchev–Trinajstić information content (AvgIpc) is 2.54. The van der Waals surface area contributed by atoms with Gasteiger partial charge >= 0.3 is 0 Å². The van der Waals surface area contributed by atoms with Crippen molar-refractivity contribution < 1.29 is 4.74 Å². The van der Waals surface area contributed by atoms with E-state index in [0.29, 0.717) is 6.10 Å². The lowest BCUT2D eigenvalue weighted by atomic mass is 9.70. The lowest BCUT2D eigenvalue weighted by Crippen LogP contribution is -2.28. The van der Waals surface area contributed by atoms with Crippen LogP contribution in [0.5, 0.6) is 0 Å². The summed E-state index contributed by atoms with van der Waals surface area (Å²) in [5.74, 6) is 2.87. The van der Waals surface area contributed by atoms with Crippen LogP contribution in [0.2, 0.25) is 0 Å². The van der Waals surface area contributed by atoms with Crippen molar-refractivity contribution in [3.05, 3.63) is 24.8 Å². The molecule has 0 aromatic heterocycles. The first kappa shape index (κ1) is 16.8. The van der Waals surface area contributed by atoms with E-state index in [4.69, 9.17) is 4.74 Å². The summed E-state index contributed by atoms with van der Waals surface area (Å²) in [5, 5.41) is 0. The Morgan fingerprint density at radius 3 is 2.14 bits per heavy atom. The highest BCUT2D eigenvalue weighted by Gasteiger charge is 2.30. The topological polar surface area (TPSA) is 9.23 Å². The normalized spacial score (nSPS) is 34.1. The predicted octanol–water partition coefficient (Wildman–Crippen LogP) is 5.91. The van der Waals surface area contributed by atoms with E-state index in [-0.39, 0.29) is 0 Å². The second-order valence-electron chi connectivity index (χ2n) is 7.00. The highest BCUT2D eigenvalue weighted by atomic mass is 16.5. The Hall–Kier alpha value is -0.560. The monoisotopic (exact) mass is 290 g/mol. The first-order valence-electron chi connectivity index (χ1n) is 9.22. The van der Waals surface area contributed by atoms with Crippen molar-refractivity contribution in [3.63, 3.8) is 0 Å². The predicted molar refractivity (Wildman–Crippen MR) is 91.4 cm³/mol. The maximum absolute atomic E-state index is 5.94. The van der Waals surface area contributed by atoms with Crippen LogP contribution in [0.4, 0.5) is 0 Å². The highest BCUT2D eigenvalue weighted by molar-refractivity contribution is 4.92. The van der Waals surface area contributed by atoms with Crippen molar-refractivity contribution in [2.75, 3.05) is 6.61 Å². The van der Waals surface area contributed by atoms with Gasteiger partial charge in [-0.05, 0) is 82.0 Å². The molecule has 2 fully saturated rings. The number of hydrogen-bond donors (Lipinski definition) is 0. The first-order chi connectivity index (χ1) is 10.3. The van der Waals surface area contributed by atoms with Crippen molar-refractivity contribution in [2.24, 2.45) is 17.8 Å². The minimum Gasteiger partial charge on any atom is -0.378 e. The molecule has 0 unspecified atom stereocenters. The van der Waals surface area contributed by atoms with Gasteiger partial charge in [-0.3, -0.25) is 0 Å². The molecule has 21 heavy (non-hydrogen) atoms. The molecular weight excluding hydrogens is 256 g/mol. The van der Waals surface area contributed by atoms with Crippen LogP contribution in [0, 0.1) is 17.8 Å². The molecular formula is C20H34O. The molecule has 2 saturated carbocycles. The van der Waals surface area contributed by atoms with Crippen LogP contribution < -0.4 is 0 Å². The zero-order valence-corrected chi connectivity index (χ0v) is 13.9. The molecule has 0 aromatic carbocycles. The molecule has 0 aromatic rings. The van der Waals surface area contributed by atoms with Gasteiger partial charge in [0.2, 0.25) is 0 Å². The fourth-order valence-electron chi connectivity index (χ4n) is 4.18. The van der Waals surface area contributed by atoms with Gasteiger partial charge in [-0.2, -0.15) is 0 Å². The van der Waals surface area contributed by atoms with E-state index in [1.165, 1.54) is 57.8 Å². The van der Waals surface area contributed by atoms with Gasteiger partial charge < -0.3 is 4.74 Å². The zero-order chi connectivity index (χ0) is 14.9. The van der Waals surface area contributed by atoms with Gasteiger partial charge in [-0.1, -0.05) is 25.2 Å². The number of allylic oxidation sites excluding steroid dienone is 2. The van der Waals surface area contributed by atoms with Crippen LogP contribution in [0.15, 0.2) is 24.8 Å². The van der Waals surface area contributed by atoms with Crippen LogP contribution in [0.3, 0.4) is 0 Å². The largest absolute Gasteiger partial charge is 0.378 e. The van der Waals surface area contributed by atoms with E-state index in [0.717, 1.165) is 30.8 Å². The van der Waals surface area contributed by atoms with Gasteiger partial charge in [0, 0.05) is 0 Å². The molecule has 0 spiro atoms. The Labute approximate surface area is 131 Å². The Balaban J connectivity index is 1.64. The standard InChI is InChI=1S/C20H34O/c1-3-5-7-17-8-10-18(11-9-17)19-12-14-20(15-13-19)21-16-6-4-2/h4-5,7,17-20H,2-3,6,8-16H2,1H3/b7-5+/t17-,18-,19?,20?. The summed E-state index contributed by atoms with van der Waals surface area (Å²) >= 11 is 0. The smallest absolute Gasteiger partial charge is 0.0575 e. The molecule has 0 atom stereocenters. The van der Waals surface area contributed by atoms with E-state index >= 15 is 0 Å². The number of ether oxygens (including phenoxy) is 1. The van der Waals surface area contributed by atoms with Gasteiger partial charge in [-0.15, -0.1) is 6.58 Å². The Bertz CT molecular complexity index is 304. The third-order valence-corrected chi connectivity index (χ3v) is 5.52. The van der Waals surface area contributed by atoms with Crippen LogP contribution in [-0.4, -0.2) is 12.7 Å². The van der Waals surface area contributed by atoms with E-state index < -0.39 is 0 Å². The molecule has 2 aliphatic carbocycles. The summed E-state index contributed by atoms with van der Waals surface area (Å²) in [5.41, 5.74) is 0. The van der Waals surface area contributed by atoms with E-state index in [9.17, 15) is 0 Å². The molecule has 1 heteroatoms. The number of hydrogen-bond acceptors (Lipinski definition) is 1. The summed E-state index contributed by atoms with van der Waals surface area (Å²) in [6.07, 6.45) is 20.7. The summed E-state index contributed by atoms with van der Waals surface area (Å²) in [4.78, 5) is 0. The second-order valence-corrected chi connectivity index (χ2v) is 7.00. The minimum atomic E-state index is 0.532. The first-order valence-corrected chi connectivity index (χ1v) is 9.22. The molecule has 0 bridgehead atoms. The lowest BCUT2D eigenvalue weighted by molar-refractivity contribution is 0.00984. The maximum Gasteiger partial charge on any atom is 0.0575 e. The molecule has 2 aliphatic rings. The number of rotatable bonds is 7. The third-order valence-electron chi connectivity index (χ3n) is 5.52. The molecule has 1 nitrogen and oxygen atoms in total. The Kier molecular flexibility index (Phi) is 7.57. The summed E-state index contributed by atoms with van der Waals surface area (Å²) in [6.45, 7) is 6.86. The molecule has 0 aliphatic heterocycles. The van der Waals surface area contributed by atoms with Crippen molar-refractivity contribution in [1.82, 2.24) is 0 Å². The molecule has 0 radical (unpaired) electrons. The molecule has 0 N–H and O–H groups in total. The van der Waals surface area contributed by atoms with Gasteiger partial charge in [-0.25, -0.2) is 0 Å². The van der Waals surface area contributed by atoms with Crippen LogP contribution in [-0.2, 0) is 4.74 Å². The molecule has 0 amide bonds. The van der Waals surface area contributed by atoms with Crippen LogP contribution in [0.1, 0.15) is 71.1 Å². The summed E-state index contributed by atoms with van der Waals surface area (Å²) in [7, 11) is 0. The fraction of sp³-hybridized carbons (Fsp3) is 0.800. The van der Waals surface area contributed by atoms with E-state index in [1.807, 2.05) is 6.08 Å². The van der Waals surface area contributed by atoms with Gasteiger partial charge in [0.1, 0.15) is 0 Å². The zero-order valence-electron chi connectivity index (χ0n) is 13.9. The van der Waals surface area contributed by atoms with E-state index in [1.54, 1.807) is 0 Å². The maximum atomic E-state index is 5.94. The molecule has 0 heterocycles. The van der Waals surface area contributed by atoms with Crippen LogP contribution in [0.25, 0.3) is 0 Å². The average molecular weight is 290 g/mol. The molecule has 0 saturated heterocycles. The van der Waals surface area contributed by atoms with Gasteiger partial charge in [0.05, 0.1) is 12.7 Å². The van der Waals surface area contributed by atoms with E-state index in [2.05, 4.69) is 25.7 Å². The van der Waals surface area contributed by atoms with Crippen molar-refractivity contribution in [2.45, 2.75) is 77.2 Å². The van der Waals surface area contributed by atoms with Crippen molar-refractivity contribution in [1.29, 1.82) is 0 Å². The summed E-state index contributed by atoms with van der Waals surface area (Å²) in [6, 6.07) is 0. The SMILES string of the molecule is C=CCCOC1CCC([C@H]2CC[C@H](/C=C/CC)CC2)CC1. The second kappa shape index (κ2) is 9.46. The minimum absolute atomic E-state index is 0.532. The van der Waals surface area contributed by atoms with Crippen LogP contribution >= 0.6 is 0 Å². The fourth-order valence-corrected chi connectivity index (χ4v) is 4.18.